The fourth-order valence-electron chi connectivity index (χ4n) is 4.08. The van der Waals surface area contributed by atoms with E-state index < -0.39 is 35.0 Å². The van der Waals surface area contributed by atoms with Crippen LogP contribution in [0.1, 0.15) is 50.3 Å². The topological polar surface area (TPSA) is 90.9 Å². The molecule has 7 nitrogen and oxygen atoms in total. The van der Waals surface area contributed by atoms with E-state index in [0.717, 1.165) is 16.7 Å². The monoisotopic (exact) mass is 503 g/mol. The summed E-state index contributed by atoms with van der Waals surface area (Å²) in [5.74, 6) is -2.88. The number of carbonyl (C=O) groups excluding carboxylic acids is 3. The summed E-state index contributed by atoms with van der Waals surface area (Å²) < 4.78 is 10.2. The van der Waals surface area contributed by atoms with Crippen molar-refractivity contribution in [3.63, 3.8) is 0 Å². The summed E-state index contributed by atoms with van der Waals surface area (Å²) in [6, 6.07) is 28.6. The number of methoxy groups -OCH3 is 1. The molecule has 0 saturated heterocycles. The van der Waals surface area contributed by atoms with E-state index in [-0.39, 0.29) is 12.8 Å². The highest BCUT2D eigenvalue weighted by Crippen LogP contribution is 2.39. The SMILES string of the molecule is COC(=O)C(CC(=O)NOC(c1ccccc1)(c1ccccc1)c1ccccc1)CC(=O)OC(C)(C)C. The molecular weight excluding hydrogens is 470 g/mol. The number of esters is 2. The first kappa shape index (κ1) is 27.6. The zero-order valence-corrected chi connectivity index (χ0v) is 21.6. The zero-order valence-electron chi connectivity index (χ0n) is 21.6. The van der Waals surface area contributed by atoms with Gasteiger partial charge in [-0.1, -0.05) is 91.0 Å². The van der Waals surface area contributed by atoms with Crippen molar-refractivity contribution in [2.24, 2.45) is 5.92 Å². The number of carbonyl (C=O) groups is 3. The maximum atomic E-state index is 13.1. The summed E-state index contributed by atoms with van der Waals surface area (Å²) in [7, 11) is 1.21. The Morgan fingerprint density at radius 3 is 1.54 bits per heavy atom. The third-order valence-electron chi connectivity index (χ3n) is 5.66. The molecule has 1 atom stereocenters. The summed E-state index contributed by atoms with van der Waals surface area (Å²) in [5.41, 5.74) is 3.05. The van der Waals surface area contributed by atoms with E-state index in [1.807, 2.05) is 91.0 Å². The maximum absolute atomic E-state index is 13.1. The predicted molar refractivity (Wildman–Crippen MR) is 139 cm³/mol. The van der Waals surface area contributed by atoms with E-state index in [9.17, 15) is 14.4 Å². The summed E-state index contributed by atoms with van der Waals surface area (Å²) in [6.45, 7) is 5.19. The molecule has 0 spiro atoms. The molecule has 0 aliphatic heterocycles. The Morgan fingerprint density at radius 1 is 0.730 bits per heavy atom. The third kappa shape index (κ3) is 7.27. The van der Waals surface area contributed by atoms with Crippen LogP contribution in [0.4, 0.5) is 0 Å². The van der Waals surface area contributed by atoms with E-state index in [2.05, 4.69) is 5.48 Å². The molecule has 1 N–H and O–H groups in total. The van der Waals surface area contributed by atoms with Crippen LogP contribution in [-0.2, 0) is 34.3 Å². The average Bonchev–Trinajstić information content (AvgIpc) is 2.89. The van der Waals surface area contributed by atoms with Crippen LogP contribution in [0, 0.1) is 5.92 Å². The molecule has 0 aromatic heterocycles. The van der Waals surface area contributed by atoms with Gasteiger partial charge in [0.15, 0.2) is 5.60 Å². The number of amides is 1. The first-order chi connectivity index (χ1) is 17.7. The molecule has 0 bridgehead atoms. The van der Waals surface area contributed by atoms with Gasteiger partial charge < -0.3 is 9.47 Å². The quantitative estimate of drug-likeness (QED) is 0.240. The first-order valence-electron chi connectivity index (χ1n) is 12.1. The van der Waals surface area contributed by atoms with Gasteiger partial charge in [-0.3, -0.25) is 19.2 Å². The molecule has 1 unspecified atom stereocenters. The van der Waals surface area contributed by atoms with E-state index in [0.29, 0.717) is 0 Å². The second-order valence-electron chi connectivity index (χ2n) is 9.62. The molecule has 194 valence electrons. The van der Waals surface area contributed by atoms with Gasteiger partial charge in [-0.05, 0) is 37.5 Å². The Labute approximate surface area is 217 Å². The van der Waals surface area contributed by atoms with Crippen molar-refractivity contribution in [2.45, 2.75) is 44.8 Å². The smallest absolute Gasteiger partial charge is 0.309 e. The first-order valence-corrected chi connectivity index (χ1v) is 12.1. The van der Waals surface area contributed by atoms with E-state index in [1.54, 1.807) is 20.8 Å². The second kappa shape index (κ2) is 12.3. The van der Waals surface area contributed by atoms with E-state index >= 15 is 0 Å². The molecule has 0 heterocycles. The van der Waals surface area contributed by atoms with Crippen LogP contribution < -0.4 is 5.48 Å². The van der Waals surface area contributed by atoms with Crippen LogP contribution >= 0.6 is 0 Å². The molecule has 0 fully saturated rings. The third-order valence-corrected chi connectivity index (χ3v) is 5.66. The molecule has 3 rings (SSSR count). The lowest BCUT2D eigenvalue weighted by atomic mass is 9.80. The highest BCUT2D eigenvalue weighted by Gasteiger charge is 2.39. The lowest BCUT2D eigenvalue weighted by Gasteiger charge is -2.35. The van der Waals surface area contributed by atoms with Gasteiger partial charge in [0.25, 0.3) is 0 Å². The number of hydrogen-bond donors (Lipinski definition) is 1. The van der Waals surface area contributed by atoms with Crippen LogP contribution in [-0.4, -0.2) is 30.6 Å². The van der Waals surface area contributed by atoms with Crippen LogP contribution in [0.3, 0.4) is 0 Å². The van der Waals surface area contributed by atoms with Crippen molar-refractivity contribution in [3.05, 3.63) is 108 Å². The molecule has 0 aliphatic carbocycles. The van der Waals surface area contributed by atoms with Gasteiger partial charge >= 0.3 is 11.9 Å². The fraction of sp³-hybridized carbons (Fsp3) is 0.300. The summed E-state index contributed by atoms with van der Waals surface area (Å²) >= 11 is 0. The average molecular weight is 504 g/mol. The van der Waals surface area contributed by atoms with Gasteiger partial charge in [0, 0.05) is 6.42 Å². The van der Waals surface area contributed by atoms with Crippen molar-refractivity contribution in [1.29, 1.82) is 0 Å². The molecule has 0 aliphatic rings. The lowest BCUT2D eigenvalue weighted by Crippen LogP contribution is -2.41. The zero-order chi connectivity index (χ0) is 26.9. The minimum absolute atomic E-state index is 0.293. The van der Waals surface area contributed by atoms with Crippen molar-refractivity contribution in [2.75, 3.05) is 7.11 Å². The molecule has 3 aromatic rings. The molecule has 37 heavy (non-hydrogen) atoms. The van der Waals surface area contributed by atoms with Gasteiger partial charge in [-0.15, -0.1) is 0 Å². The standard InChI is InChI=1S/C30H33NO6/c1-29(2,3)36-27(33)21-22(28(34)35-4)20-26(32)31-37-30(23-14-8-5-9-15-23,24-16-10-6-11-17-24)25-18-12-7-13-19-25/h5-19,22H,20-21H2,1-4H3,(H,31,32). The van der Waals surface area contributed by atoms with E-state index in [4.69, 9.17) is 14.3 Å². The maximum Gasteiger partial charge on any atom is 0.309 e. The van der Waals surface area contributed by atoms with Gasteiger partial charge in [0.1, 0.15) is 5.60 Å². The van der Waals surface area contributed by atoms with Crippen molar-refractivity contribution >= 4 is 17.8 Å². The van der Waals surface area contributed by atoms with Crippen molar-refractivity contribution in [1.82, 2.24) is 5.48 Å². The Morgan fingerprint density at radius 2 is 1.16 bits per heavy atom. The molecule has 0 saturated carbocycles. The Bertz CT molecular complexity index is 1080. The normalized spacial score (nSPS) is 12.3. The van der Waals surface area contributed by atoms with E-state index in [1.165, 1.54) is 7.11 Å². The van der Waals surface area contributed by atoms with Gasteiger partial charge in [0.05, 0.1) is 19.4 Å². The van der Waals surface area contributed by atoms with Crippen molar-refractivity contribution < 1.29 is 28.7 Å². The molecule has 3 aromatic carbocycles. The number of rotatable bonds is 10. The highest BCUT2D eigenvalue weighted by molar-refractivity contribution is 5.86. The Balaban J connectivity index is 1.90. The van der Waals surface area contributed by atoms with Gasteiger partial charge in [-0.2, -0.15) is 0 Å². The number of benzene rings is 3. The van der Waals surface area contributed by atoms with Gasteiger partial charge in [-0.25, -0.2) is 5.48 Å². The minimum atomic E-state index is -1.18. The predicted octanol–water partition coefficient (Wildman–Crippen LogP) is 4.94. The molecular formula is C30H33NO6. The molecule has 0 radical (unpaired) electrons. The van der Waals surface area contributed by atoms with Crippen LogP contribution in [0.5, 0.6) is 0 Å². The summed E-state index contributed by atoms with van der Waals surface area (Å²) in [5, 5.41) is 0. The highest BCUT2D eigenvalue weighted by atomic mass is 16.7. The lowest BCUT2D eigenvalue weighted by molar-refractivity contribution is -0.162. The van der Waals surface area contributed by atoms with Crippen LogP contribution in [0.15, 0.2) is 91.0 Å². The van der Waals surface area contributed by atoms with Crippen molar-refractivity contribution in [3.8, 4) is 0 Å². The number of hydrogen-bond acceptors (Lipinski definition) is 6. The second-order valence-corrected chi connectivity index (χ2v) is 9.62. The number of hydroxylamine groups is 1. The number of ether oxygens (including phenoxy) is 2. The van der Waals surface area contributed by atoms with Crippen LogP contribution in [0.2, 0.25) is 0 Å². The number of nitrogens with one attached hydrogen (secondary N) is 1. The fourth-order valence-corrected chi connectivity index (χ4v) is 4.08. The molecule has 1 amide bonds. The summed E-state index contributed by atoms with van der Waals surface area (Å²) in [6.07, 6.45) is -0.612. The Kier molecular flexibility index (Phi) is 9.20. The Hall–Kier alpha value is -3.97. The largest absolute Gasteiger partial charge is 0.469 e. The van der Waals surface area contributed by atoms with Crippen LogP contribution in [0.25, 0.3) is 0 Å². The van der Waals surface area contributed by atoms with Gasteiger partial charge in [0.2, 0.25) is 5.91 Å². The summed E-state index contributed by atoms with van der Waals surface area (Å²) in [4.78, 5) is 44.1. The minimum Gasteiger partial charge on any atom is -0.469 e. The molecule has 7 heteroatoms.